The predicted molar refractivity (Wildman–Crippen MR) is 66.3 cm³/mol. The minimum atomic E-state index is -1.04. The maximum Gasteiger partial charge on any atom is 0.337 e. The number of hydrogen-bond donors (Lipinski definition) is 3. The Hall–Kier alpha value is -2.57. The van der Waals surface area contributed by atoms with E-state index in [9.17, 15) is 4.79 Å². The molecule has 0 aliphatic carbocycles. The summed E-state index contributed by atoms with van der Waals surface area (Å²) in [6.07, 6.45) is 6.55. The van der Waals surface area contributed by atoms with Crippen molar-refractivity contribution in [3.05, 3.63) is 36.5 Å². The van der Waals surface area contributed by atoms with Gasteiger partial charge in [-0.3, -0.25) is 0 Å². The van der Waals surface area contributed by atoms with Gasteiger partial charge in [0.15, 0.2) is 0 Å². The molecule has 0 spiro atoms. The Bertz CT molecular complexity index is 538. The van der Waals surface area contributed by atoms with E-state index >= 15 is 0 Å². The fraction of sp³-hybridized carbons (Fsp3) is 0.182. The summed E-state index contributed by atoms with van der Waals surface area (Å²) in [6, 6.07) is 1.38. The first-order chi connectivity index (χ1) is 8.66. The molecule has 0 saturated carbocycles. The van der Waals surface area contributed by atoms with Gasteiger partial charge in [-0.1, -0.05) is 0 Å². The second-order valence-corrected chi connectivity index (χ2v) is 3.69. The van der Waals surface area contributed by atoms with E-state index in [1.54, 1.807) is 12.5 Å². The number of carboxylic acids is 1. The Morgan fingerprint density at radius 2 is 2.39 bits per heavy atom. The van der Waals surface area contributed by atoms with Crippen LogP contribution in [0, 0.1) is 0 Å². The van der Waals surface area contributed by atoms with Crippen LogP contribution in [-0.2, 0) is 6.54 Å². The van der Waals surface area contributed by atoms with E-state index in [2.05, 4.69) is 15.3 Å². The molecule has 2 aromatic heterocycles. The number of nitrogens with one attached hydrogen (secondary N) is 1. The maximum atomic E-state index is 10.7. The molecule has 0 amide bonds. The number of hydrogen-bond acceptors (Lipinski definition) is 5. The molecule has 7 nitrogen and oxygen atoms in total. The molecule has 0 fully saturated rings. The van der Waals surface area contributed by atoms with Crippen LogP contribution in [-0.4, -0.2) is 32.2 Å². The molecule has 18 heavy (non-hydrogen) atoms. The van der Waals surface area contributed by atoms with Gasteiger partial charge in [-0.25, -0.2) is 14.8 Å². The number of nitrogen functional groups attached to an aromatic ring is 1. The van der Waals surface area contributed by atoms with Crippen LogP contribution in [0.1, 0.15) is 10.4 Å². The molecule has 94 valence electrons. The molecular weight excluding hydrogens is 234 g/mol. The van der Waals surface area contributed by atoms with Gasteiger partial charge in [0, 0.05) is 31.7 Å². The number of pyridine rings is 1. The summed E-state index contributed by atoms with van der Waals surface area (Å²) in [5, 5.41) is 11.8. The van der Waals surface area contributed by atoms with Crippen LogP contribution in [0.25, 0.3) is 0 Å². The normalized spacial score (nSPS) is 10.2. The number of nitrogens with two attached hydrogens (primary N) is 1. The van der Waals surface area contributed by atoms with E-state index < -0.39 is 5.97 Å². The lowest BCUT2D eigenvalue weighted by molar-refractivity contribution is 0.0696. The fourth-order valence-corrected chi connectivity index (χ4v) is 1.47. The highest BCUT2D eigenvalue weighted by atomic mass is 16.4. The molecule has 0 aliphatic rings. The summed E-state index contributed by atoms with van der Waals surface area (Å²) < 4.78 is 1.91. The van der Waals surface area contributed by atoms with E-state index in [-0.39, 0.29) is 5.56 Å². The Morgan fingerprint density at radius 3 is 3.00 bits per heavy atom. The lowest BCUT2D eigenvalue weighted by Crippen LogP contribution is -2.12. The van der Waals surface area contributed by atoms with Crippen molar-refractivity contribution >= 4 is 17.5 Å². The number of carbonyl (C=O) groups is 1. The highest BCUT2D eigenvalue weighted by Gasteiger charge is 2.07. The van der Waals surface area contributed by atoms with Gasteiger partial charge in [0.1, 0.15) is 5.82 Å². The first-order valence-corrected chi connectivity index (χ1v) is 5.35. The molecule has 0 bridgehead atoms. The number of imidazole rings is 1. The van der Waals surface area contributed by atoms with Crippen molar-refractivity contribution in [2.75, 3.05) is 17.6 Å². The van der Waals surface area contributed by atoms with Crippen molar-refractivity contribution < 1.29 is 9.90 Å². The van der Waals surface area contributed by atoms with Crippen molar-refractivity contribution in [3.8, 4) is 0 Å². The van der Waals surface area contributed by atoms with Crippen molar-refractivity contribution in [1.29, 1.82) is 0 Å². The van der Waals surface area contributed by atoms with Crippen molar-refractivity contribution in [2.45, 2.75) is 6.54 Å². The number of aromatic carboxylic acids is 1. The molecule has 2 aromatic rings. The van der Waals surface area contributed by atoms with Crippen molar-refractivity contribution in [1.82, 2.24) is 14.5 Å². The van der Waals surface area contributed by atoms with Crippen LogP contribution in [0.2, 0.25) is 0 Å². The number of rotatable bonds is 5. The molecule has 0 aromatic carbocycles. The van der Waals surface area contributed by atoms with E-state index in [1.807, 2.05) is 10.8 Å². The topological polar surface area (TPSA) is 106 Å². The molecule has 0 aliphatic heterocycles. The van der Waals surface area contributed by atoms with Gasteiger partial charge in [0.2, 0.25) is 0 Å². The minimum Gasteiger partial charge on any atom is -0.478 e. The molecule has 0 radical (unpaired) electrons. The average molecular weight is 247 g/mol. The van der Waals surface area contributed by atoms with Gasteiger partial charge in [-0.15, -0.1) is 0 Å². The number of anilines is 2. The molecular formula is C11H13N5O2. The van der Waals surface area contributed by atoms with Crippen molar-refractivity contribution in [3.63, 3.8) is 0 Å². The van der Waals surface area contributed by atoms with Crippen molar-refractivity contribution in [2.24, 2.45) is 0 Å². The zero-order valence-corrected chi connectivity index (χ0v) is 9.58. The predicted octanol–water partition coefficient (Wildman–Crippen LogP) is 0.671. The first kappa shape index (κ1) is 11.9. The maximum absolute atomic E-state index is 10.7. The lowest BCUT2D eigenvalue weighted by atomic mass is 10.2. The molecule has 7 heteroatoms. The first-order valence-electron chi connectivity index (χ1n) is 5.35. The van der Waals surface area contributed by atoms with E-state index in [0.29, 0.717) is 18.1 Å². The standard InChI is InChI=1S/C11H13N5O2/c12-9-5-8(11(17)18)6-15-10(9)14-2-4-16-3-1-13-7-16/h1,3,5-7H,2,4,12H2,(H,14,15)(H,17,18). The second kappa shape index (κ2) is 5.17. The molecule has 0 unspecified atom stereocenters. The summed E-state index contributed by atoms with van der Waals surface area (Å²) in [5.74, 6) is -0.556. The third-order valence-electron chi connectivity index (χ3n) is 2.39. The second-order valence-electron chi connectivity index (χ2n) is 3.69. The van der Waals surface area contributed by atoms with E-state index in [1.165, 1.54) is 12.3 Å². The Morgan fingerprint density at radius 1 is 1.56 bits per heavy atom. The Kier molecular flexibility index (Phi) is 3.42. The Balaban J connectivity index is 1.95. The third-order valence-corrected chi connectivity index (χ3v) is 2.39. The average Bonchev–Trinajstić information content (AvgIpc) is 2.84. The number of carboxylic acid groups (broad SMARTS) is 1. The van der Waals surface area contributed by atoms with Gasteiger partial charge in [-0.05, 0) is 6.07 Å². The molecule has 2 rings (SSSR count). The summed E-state index contributed by atoms with van der Waals surface area (Å²) in [5.41, 5.74) is 6.11. The van der Waals surface area contributed by atoms with Gasteiger partial charge in [-0.2, -0.15) is 0 Å². The van der Waals surface area contributed by atoms with Crippen LogP contribution >= 0.6 is 0 Å². The monoisotopic (exact) mass is 247 g/mol. The smallest absolute Gasteiger partial charge is 0.337 e. The molecule has 0 saturated heterocycles. The number of aromatic nitrogens is 3. The van der Waals surface area contributed by atoms with Gasteiger partial charge in [0.05, 0.1) is 17.6 Å². The Labute approximate surface area is 103 Å². The minimum absolute atomic E-state index is 0.0765. The highest BCUT2D eigenvalue weighted by molar-refractivity contribution is 5.89. The molecule has 0 atom stereocenters. The van der Waals surface area contributed by atoms with Crippen LogP contribution in [0.5, 0.6) is 0 Å². The fourth-order valence-electron chi connectivity index (χ4n) is 1.47. The summed E-state index contributed by atoms with van der Waals surface area (Å²) in [4.78, 5) is 18.6. The van der Waals surface area contributed by atoms with Crippen LogP contribution in [0.4, 0.5) is 11.5 Å². The van der Waals surface area contributed by atoms with Gasteiger partial charge >= 0.3 is 5.97 Å². The summed E-state index contributed by atoms with van der Waals surface area (Å²) in [6.45, 7) is 1.35. The van der Waals surface area contributed by atoms with E-state index in [0.717, 1.165) is 6.54 Å². The highest BCUT2D eigenvalue weighted by Crippen LogP contribution is 2.16. The largest absolute Gasteiger partial charge is 0.478 e. The quantitative estimate of drug-likeness (QED) is 0.717. The SMILES string of the molecule is Nc1cc(C(=O)O)cnc1NCCn1ccnc1. The van der Waals surface area contributed by atoms with Gasteiger partial charge in [0.25, 0.3) is 0 Å². The zero-order chi connectivity index (χ0) is 13.0. The third kappa shape index (κ3) is 2.76. The summed E-state index contributed by atoms with van der Waals surface area (Å²) >= 11 is 0. The molecule has 2 heterocycles. The molecule has 4 N–H and O–H groups in total. The zero-order valence-electron chi connectivity index (χ0n) is 9.58. The lowest BCUT2D eigenvalue weighted by Gasteiger charge is -2.09. The van der Waals surface area contributed by atoms with Crippen LogP contribution < -0.4 is 11.1 Å². The van der Waals surface area contributed by atoms with Crippen LogP contribution in [0.15, 0.2) is 31.0 Å². The van der Waals surface area contributed by atoms with Crippen LogP contribution in [0.3, 0.4) is 0 Å². The number of nitrogens with zero attached hydrogens (tertiary/aromatic N) is 3. The van der Waals surface area contributed by atoms with E-state index in [4.69, 9.17) is 10.8 Å². The summed E-state index contributed by atoms with van der Waals surface area (Å²) in [7, 11) is 0. The van der Waals surface area contributed by atoms with Gasteiger partial charge < -0.3 is 20.7 Å².